The van der Waals surface area contributed by atoms with Crippen LogP contribution in [-0.2, 0) is 10.2 Å². The molecule has 2 saturated carbocycles. The third-order valence-electron chi connectivity index (χ3n) is 4.82. The number of furan rings is 1. The van der Waals surface area contributed by atoms with E-state index in [1.165, 1.54) is 0 Å². The Balaban J connectivity index is 1.87. The number of hydrogen-bond donors (Lipinski definition) is 1. The van der Waals surface area contributed by atoms with E-state index in [0.29, 0.717) is 17.6 Å². The first kappa shape index (κ1) is 13.6. The molecule has 1 aromatic heterocycles. The summed E-state index contributed by atoms with van der Waals surface area (Å²) in [5, 5.41) is 9.52. The highest BCUT2D eigenvalue weighted by Gasteiger charge is 2.51. The lowest BCUT2D eigenvalue weighted by molar-refractivity contribution is -0.150. The zero-order chi connectivity index (χ0) is 14.5. The lowest BCUT2D eigenvalue weighted by Crippen LogP contribution is -2.42. The van der Waals surface area contributed by atoms with Gasteiger partial charge in [-0.05, 0) is 37.3 Å². The number of carbonyl (C=O) groups is 1. The van der Waals surface area contributed by atoms with Gasteiger partial charge in [0, 0.05) is 18.8 Å². The first-order valence-electron chi connectivity index (χ1n) is 7.05. The molecule has 110 valence electrons. The second-order valence-electron chi connectivity index (χ2n) is 6.26. The standard InChI is InChI=1S/C15H18F2O3/c1-9-8-10(9)11-2-3-12(20-11)14(13(18)19)4-6-15(16,17)7-5-14/h2-3,9-10H,4-8H2,1H3,(H,18,19). The minimum atomic E-state index is -2.75. The molecule has 0 aliphatic heterocycles. The lowest BCUT2D eigenvalue weighted by Gasteiger charge is -2.35. The van der Waals surface area contributed by atoms with Crippen molar-refractivity contribution in [2.75, 3.05) is 0 Å². The van der Waals surface area contributed by atoms with Crippen molar-refractivity contribution < 1.29 is 23.1 Å². The highest BCUT2D eigenvalue weighted by molar-refractivity contribution is 5.80. The fourth-order valence-corrected chi connectivity index (χ4v) is 3.14. The Morgan fingerprint density at radius 1 is 1.30 bits per heavy atom. The van der Waals surface area contributed by atoms with E-state index in [9.17, 15) is 18.7 Å². The minimum Gasteiger partial charge on any atom is -0.480 e. The molecule has 0 aromatic carbocycles. The Labute approximate surface area is 116 Å². The van der Waals surface area contributed by atoms with Gasteiger partial charge in [0.15, 0.2) is 0 Å². The van der Waals surface area contributed by atoms with Crippen LogP contribution in [-0.4, -0.2) is 17.0 Å². The molecular formula is C15H18F2O3. The van der Waals surface area contributed by atoms with Crippen molar-refractivity contribution in [3.8, 4) is 0 Å². The van der Waals surface area contributed by atoms with Crippen molar-refractivity contribution in [3.05, 3.63) is 23.7 Å². The summed E-state index contributed by atoms with van der Waals surface area (Å²) in [6.07, 6.45) is 0.125. The lowest BCUT2D eigenvalue weighted by atomic mass is 9.71. The average molecular weight is 284 g/mol. The fraction of sp³-hybridized carbons (Fsp3) is 0.667. The predicted molar refractivity (Wildman–Crippen MR) is 68.0 cm³/mol. The highest BCUT2D eigenvalue weighted by Crippen LogP contribution is 2.50. The summed E-state index contributed by atoms with van der Waals surface area (Å²) < 4.78 is 32.3. The van der Waals surface area contributed by atoms with Crippen LogP contribution < -0.4 is 0 Å². The summed E-state index contributed by atoms with van der Waals surface area (Å²) in [5.74, 6) is -1.75. The van der Waals surface area contributed by atoms with E-state index in [-0.39, 0.29) is 12.8 Å². The molecule has 3 nitrogen and oxygen atoms in total. The second kappa shape index (κ2) is 4.30. The normalized spacial score (nSPS) is 30.9. The molecule has 0 spiro atoms. The van der Waals surface area contributed by atoms with Gasteiger partial charge in [0.2, 0.25) is 5.92 Å². The smallest absolute Gasteiger partial charge is 0.317 e. The van der Waals surface area contributed by atoms with Gasteiger partial charge in [-0.3, -0.25) is 4.79 Å². The van der Waals surface area contributed by atoms with Crippen LogP contribution >= 0.6 is 0 Å². The van der Waals surface area contributed by atoms with Crippen molar-refractivity contribution >= 4 is 5.97 Å². The molecule has 0 amide bonds. The van der Waals surface area contributed by atoms with Crippen molar-refractivity contribution in [2.24, 2.45) is 5.92 Å². The van der Waals surface area contributed by atoms with E-state index in [0.717, 1.165) is 12.2 Å². The number of hydrogen-bond acceptors (Lipinski definition) is 2. The molecular weight excluding hydrogens is 266 g/mol. The Morgan fingerprint density at radius 3 is 2.40 bits per heavy atom. The molecule has 20 heavy (non-hydrogen) atoms. The zero-order valence-corrected chi connectivity index (χ0v) is 11.4. The minimum absolute atomic E-state index is 0.0670. The maximum absolute atomic E-state index is 13.3. The van der Waals surface area contributed by atoms with E-state index in [4.69, 9.17) is 4.42 Å². The van der Waals surface area contributed by atoms with Crippen molar-refractivity contribution in [1.29, 1.82) is 0 Å². The van der Waals surface area contributed by atoms with Gasteiger partial charge in [0.25, 0.3) is 0 Å². The number of rotatable bonds is 3. The van der Waals surface area contributed by atoms with E-state index >= 15 is 0 Å². The van der Waals surface area contributed by atoms with Crippen LogP contribution in [0.4, 0.5) is 8.78 Å². The first-order chi connectivity index (χ1) is 9.34. The van der Waals surface area contributed by atoms with Gasteiger partial charge in [-0.15, -0.1) is 0 Å². The van der Waals surface area contributed by atoms with Crippen molar-refractivity contribution in [1.82, 2.24) is 0 Å². The summed E-state index contributed by atoms with van der Waals surface area (Å²) >= 11 is 0. The van der Waals surface area contributed by atoms with Crippen LogP contribution in [0.15, 0.2) is 16.5 Å². The maximum atomic E-state index is 13.3. The fourth-order valence-electron chi connectivity index (χ4n) is 3.14. The van der Waals surface area contributed by atoms with Gasteiger partial charge in [-0.1, -0.05) is 6.92 Å². The van der Waals surface area contributed by atoms with Gasteiger partial charge in [0.1, 0.15) is 16.9 Å². The largest absolute Gasteiger partial charge is 0.480 e. The van der Waals surface area contributed by atoms with Crippen LogP contribution in [0.1, 0.15) is 56.5 Å². The summed E-state index contributed by atoms with van der Waals surface area (Å²) in [6, 6.07) is 3.47. The quantitative estimate of drug-likeness (QED) is 0.914. The molecule has 1 heterocycles. The molecule has 0 saturated heterocycles. The summed E-state index contributed by atoms with van der Waals surface area (Å²) in [4.78, 5) is 11.6. The van der Waals surface area contributed by atoms with Crippen LogP contribution in [0.2, 0.25) is 0 Å². The molecule has 2 aliphatic carbocycles. The van der Waals surface area contributed by atoms with Crippen LogP contribution in [0, 0.1) is 5.92 Å². The van der Waals surface area contributed by atoms with Gasteiger partial charge in [0.05, 0.1) is 0 Å². The third kappa shape index (κ3) is 2.13. The SMILES string of the molecule is CC1CC1c1ccc(C2(C(=O)O)CCC(F)(F)CC2)o1. The predicted octanol–water partition coefficient (Wildman–Crippen LogP) is 3.93. The summed E-state index contributed by atoms with van der Waals surface area (Å²) in [6.45, 7) is 2.11. The Kier molecular flexibility index (Phi) is 2.92. The Bertz CT molecular complexity index is 525. The van der Waals surface area contributed by atoms with E-state index in [1.807, 2.05) is 0 Å². The van der Waals surface area contributed by atoms with Gasteiger partial charge < -0.3 is 9.52 Å². The maximum Gasteiger partial charge on any atom is 0.317 e. The molecule has 3 rings (SSSR count). The topological polar surface area (TPSA) is 50.4 Å². The van der Waals surface area contributed by atoms with E-state index in [2.05, 4.69) is 6.92 Å². The number of aliphatic carboxylic acids is 1. The molecule has 0 radical (unpaired) electrons. The number of carboxylic acids is 1. The van der Waals surface area contributed by atoms with Gasteiger partial charge >= 0.3 is 5.97 Å². The molecule has 2 unspecified atom stereocenters. The number of halogens is 2. The van der Waals surface area contributed by atoms with Crippen molar-refractivity contribution in [3.63, 3.8) is 0 Å². The molecule has 2 fully saturated rings. The number of carboxylic acid groups (broad SMARTS) is 1. The van der Waals surface area contributed by atoms with Crippen molar-refractivity contribution in [2.45, 2.75) is 56.3 Å². The summed E-state index contributed by atoms with van der Waals surface area (Å²) in [7, 11) is 0. The van der Waals surface area contributed by atoms with Crippen LogP contribution in [0.25, 0.3) is 0 Å². The third-order valence-corrected chi connectivity index (χ3v) is 4.82. The monoisotopic (exact) mass is 284 g/mol. The average Bonchev–Trinajstić information content (AvgIpc) is 2.90. The zero-order valence-electron chi connectivity index (χ0n) is 11.4. The van der Waals surface area contributed by atoms with Gasteiger partial charge in [-0.2, -0.15) is 0 Å². The van der Waals surface area contributed by atoms with E-state index < -0.39 is 30.1 Å². The van der Waals surface area contributed by atoms with Gasteiger partial charge in [-0.25, -0.2) is 8.78 Å². The molecule has 5 heteroatoms. The second-order valence-corrected chi connectivity index (χ2v) is 6.26. The van der Waals surface area contributed by atoms with E-state index in [1.54, 1.807) is 12.1 Å². The molecule has 2 atom stereocenters. The molecule has 2 aliphatic rings. The highest BCUT2D eigenvalue weighted by atomic mass is 19.3. The number of alkyl halides is 2. The summed E-state index contributed by atoms with van der Waals surface area (Å²) in [5.41, 5.74) is -1.28. The van der Waals surface area contributed by atoms with Crippen LogP contribution in [0.5, 0.6) is 0 Å². The molecule has 1 N–H and O–H groups in total. The van der Waals surface area contributed by atoms with Crippen LogP contribution in [0.3, 0.4) is 0 Å². The molecule has 0 bridgehead atoms. The molecule has 1 aromatic rings. The Morgan fingerprint density at radius 2 is 1.90 bits per heavy atom. The first-order valence-corrected chi connectivity index (χ1v) is 7.05. The Hall–Kier alpha value is -1.39.